The normalized spacial score (nSPS) is 15.5. The fourth-order valence-electron chi connectivity index (χ4n) is 6.22. The van der Waals surface area contributed by atoms with E-state index in [1.165, 1.54) is 22.7 Å². The minimum absolute atomic E-state index is 0.165. The van der Waals surface area contributed by atoms with E-state index in [1.807, 2.05) is 25.1 Å². The number of rotatable bonds is 6. The standard InChI is InChI=1S/C33H31F2N7O2/c1-17-10-24(31(37)43)25(34)13-23(17)27-8-7-20-12-28(41(32(20)38-27)14-19-5-6-19)29-18(2)30-26(35)11-21(15-42(30)39-29)33(44)40-9-3-4-22(36)16-40/h7-8,10-13,15,19,36H,3-6,9,14,16H2,1-2H3,(H2,37,43). The van der Waals surface area contributed by atoms with Crippen molar-refractivity contribution in [2.75, 3.05) is 13.1 Å². The van der Waals surface area contributed by atoms with Crippen molar-refractivity contribution >= 4 is 34.1 Å². The first-order valence-electron chi connectivity index (χ1n) is 14.7. The number of amides is 2. The van der Waals surface area contributed by atoms with Gasteiger partial charge in [0.1, 0.15) is 28.5 Å². The zero-order valence-corrected chi connectivity index (χ0v) is 24.5. The van der Waals surface area contributed by atoms with E-state index in [-0.39, 0.29) is 23.6 Å². The Morgan fingerprint density at radius 3 is 2.61 bits per heavy atom. The van der Waals surface area contributed by atoms with Crippen LogP contribution in [0.2, 0.25) is 0 Å². The van der Waals surface area contributed by atoms with Crippen LogP contribution in [-0.4, -0.2) is 54.7 Å². The summed E-state index contributed by atoms with van der Waals surface area (Å²) >= 11 is 0. The Balaban J connectivity index is 1.34. The molecule has 44 heavy (non-hydrogen) atoms. The van der Waals surface area contributed by atoms with Gasteiger partial charge in [-0.15, -0.1) is 0 Å². The molecule has 0 atom stereocenters. The van der Waals surface area contributed by atoms with Crippen molar-refractivity contribution < 1.29 is 18.4 Å². The van der Waals surface area contributed by atoms with Gasteiger partial charge in [-0.2, -0.15) is 5.10 Å². The first kappa shape index (κ1) is 27.9. The van der Waals surface area contributed by atoms with Gasteiger partial charge in [-0.05, 0) is 87.4 Å². The number of primary amides is 1. The maximum atomic E-state index is 15.6. The first-order chi connectivity index (χ1) is 21.1. The van der Waals surface area contributed by atoms with Crippen LogP contribution < -0.4 is 5.73 Å². The largest absolute Gasteiger partial charge is 0.366 e. The number of piperidine rings is 1. The van der Waals surface area contributed by atoms with Crippen molar-refractivity contribution in [1.29, 1.82) is 5.41 Å². The summed E-state index contributed by atoms with van der Waals surface area (Å²) < 4.78 is 33.9. The monoisotopic (exact) mass is 595 g/mol. The number of nitrogens with zero attached hydrogens (tertiary/aromatic N) is 5. The van der Waals surface area contributed by atoms with Crippen molar-refractivity contribution in [3.05, 3.63) is 76.5 Å². The number of pyridine rings is 2. The molecule has 0 radical (unpaired) electrons. The van der Waals surface area contributed by atoms with Crippen molar-refractivity contribution in [2.24, 2.45) is 11.7 Å². The van der Waals surface area contributed by atoms with Gasteiger partial charge in [0.05, 0.1) is 29.1 Å². The molecule has 2 fully saturated rings. The fraction of sp³-hybridized carbons (Fsp3) is 0.303. The molecule has 5 aromatic rings. The molecule has 1 saturated heterocycles. The van der Waals surface area contributed by atoms with E-state index in [0.29, 0.717) is 70.4 Å². The quantitative estimate of drug-likeness (QED) is 0.262. The lowest BCUT2D eigenvalue weighted by Crippen LogP contribution is -2.40. The topological polar surface area (TPSA) is 122 Å². The third kappa shape index (κ3) is 4.72. The number of aryl methyl sites for hydroxylation is 2. The van der Waals surface area contributed by atoms with E-state index in [1.54, 1.807) is 18.0 Å². The highest BCUT2D eigenvalue weighted by molar-refractivity contribution is 5.98. The minimum atomic E-state index is -0.828. The predicted octanol–water partition coefficient (Wildman–Crippen LogP) is 5.68. The van der Waals surface area contributed by atoms with Crippen molar-refractivity contribution in [3.63, 3.8) is 0 Å². The Bertz CT molecular complexity index is 2040. The molecule has 4 aromatic heterocycles. The fourth-order valence-corrected chi connectivity index (χ4v) is 6.22. The number of nitrogens with one attached hydrogen (secondary N) is 1. The minimum Gasteiger partial charge on any atom is -0.366 e. The second kappa shape index (κ2) is 10.4. The van der Waals surface area contributed by atoms with Crippen LogP contribution in [0.4, 0.5) is 8.78 Å². The number of benzene rings is 1. The van der Waals surface area contributed by atoms with Crippen LogP contribution in [0.5, 0.6) is 0 Å². The molecule has 0 unspecified atom stereocenters. The Morgan fingerprint density at radius 2 is 1.89 bits per heavy atom. The molecular formula is C33H31F2N7O2. The molecule has 1 aromatic carbocycles. The number of aromatic nitrogens is 4. The summed E-state index contributed by atoms with van der Waals surface area (Å²) in [5.41, 5.74) is 10.6. The third-order valence-corrected chi connectivity index (χ3v) is 8.72. The average Bonchev–Trinajstić information content (AvgIpc) is 3.66. The number of halogens is 2. The Kier molecular flexibility index (Phi) is 6.56. The Labute approximate surface area is 251 Å². The third-order valence-electron chi connectivity index (χ3n) is 8.72. The maximum Gasteiger partial charge on any atom is 0.255 e. The highest BCUT2D eigenvalue weighted by atomic mass is 19.1. The van der Waals surface area contributed by atoms with Crippen LogP contribution in [0.1, 0.15) is 57.5 Å². The SMILES string of the molecule is Cc1cc(C(N)=O)c(F)cc1-c1ccc2cc(-c3nn4cc(C(=O)N5CCCC(=N)C5)cc(F)c4c3C)n(CC3CC3)c2n1. The number of fused-ring (bicyclic) bond motifs is 2. The summed E-state index contributed by atoms with van der Waals surface area (Å²) in [6, 6.07) is 9.70. The first-order valence-corrected chi connectivity index (χ1v) is 14.7. The molecule has 224 valence electrons. The van der Waals surface area contributed by atoms with Gasteiger partial charge in [0.2, 0.25) is 0 Å². The summed E-state index contributed by atoms with van der Waals surface area (Å²) in [6.45, 7) is 5.08. The van der Waals surface area contributed by atoms with Gasteiger partial charge >= 0.3 is 0 Å². The molecule has 2 amide bonds. The second-order valence-corrected chi connectivity index (χ2v) is 12.0. The Morgan fingerprint density at radius 1 is 1.09 bits per heavy atom. The average molecular weight is 596 g/mol. The molecule has 0 bridgehead atoms. The van der Waals surface area contributed by atoms with E-state index < -0.39 is 17.5 Å². The number of likely N-dealkylation sites (tertiary alicyclic amines) is 1. The van der Waals surface area contributed by atoms with Gasteiger partial charge in [0, 0.05) is 41.5 Å². The molecule has 1 aliphatic carbocycles. The smallest absolute Gasteiger partial charge is 0.255 e. The van der Waals surface area contributed by atoms with Crippen molar-refractivity contribution in [2.45, 2.75) is 46.1 Å². The van der Waals surface area contributed by atoms with Crippen LogP contribution in [0.15, 0.2) is 42.6 Å². The molecule has 7 rings (SSSR count). The number of carbonyl (C=O) groups excluding carboxylic acids is 2. The van der Waals surface area contributed by atoms with E-state index >= 15 is 4.39 Å². The molecule has 1 aliphatic heterocycles. The second-order valence-electron chi connectivity index (χ2n) is 12.0. The Hall–Kier alpha value is -4.93. The lowest BCUT2D eigenvalue weighted by molar-refractivity contribution is 0.0767. The zero-order chi connectivity index (χ0) is 30.9. The summed E-state index contributed by atoms with van der Waals surface area (Å²) in [5, 5.41) is 13.6. The van der Waals surface area contributed by atoms with E-state index in [4.69, 9.17) is 21.2 Å². The van der Waals surface area contributed by atoms with Crippen LogP contribution in [0.25, 0.3) is 39.2 Å². The highest BCUT2D eigenvalue weighted by Crippen LogP contribution is 2.38. The number of carbonyl (C=O) groups is 2. The van der Waals surface area contributed by atoms with Gasteiger partial charge in [-0.25, -0.2) is 18.3 Å². The maximum absolute atomic E-state index is 15.6. The van der Waals surface area contributed by atoms with Crippen LogP contribution in [-0.2, 0) is 6.54 Å². The number of nitrogens with two attached hydrogens (primary N) is 1. The predicted molar refractivity (Wildman–Crippen MR) is 163 cm³/mol. The van der Waals surface area contributed by atoms with E-state index in [9.17, 15) is 14.0 Å². The number of hydrogen-bond donors (Lipinski definition) is 2. The highest BCUT2D eigenvalue weighted by Gasteiger charge is 2.28. The molecule has 11 heteroatoms. The van der Waals surface area contributed by atoms with Gasteiger partial charge < -0.3 is 20.6 Å². The van der Waals surface area contributed by atoms with Gasteiger partial charge in [0.25, 0.3) is 11.8 Å². The molecule has 2 aliphatic rings. The number of hydrogen-bond acceptors (Lipinski definition) is 5. The summed E-state index contributed by atoms with van der Waals surface area (Å²) in [4.78, 5) is 31.4. The van der Waals surface area contributed by atoms with Gasteiger partial charge in [-0.3, -0.25) is 9.59 Å². The molecule has 1 saturated carbocycles. The van der Waals surface area contributed by atoms with Gasteiger partial charge in [-0.1, -0.05) is 0 Å². The molecule has 5 heterocycles. The summed E-state index contributed by atoms with van der Waals surface area (Å²) in [6.07, 6.45) is 5.13. The van der Waals surface area contributed by atoms with Crippen LogP contribution >= 0.6 is 0 Å². The molecule has 0 spiro atoms. The van der Waals surface area contributed by atoms with Crippen molar-refractivity contribution in [1.82, 2.24) is 24.1 Å². The van der Waals surface area contributed by atoms with Crippen LogP contribution in [0.3, 0.4) is 0 Å². The van der Waals surface area contributed by atoms with Crippen LogP contribution in [0, 0.1) is 36.8 Å². The van der Waals surface area contributed by atoms with Crippen molar-refractivity contribution in [3.8, 4) is 22.6 Å². The zero-order valence-electron chi connectivity index (χ0n) is 24.5. The molecular weight excluding hydrogens is 564 g/mol. The molecule has 3 N–H and O–H groups in total. The summed E-state index contributed by atoms with van der Waals surface area (Å²) in [7, 11) is 0. The van der Waals surface area contributed by atoms with E-state index in [2.05, 4.69) is 4.57 Å². The molecule has 9 nitrogen and oxygen atoms in total. The van der Waals surface area contributed by atoms with E-state index in [0.717, 1.165) is 30.3 Å². The van der Waals surface area contributed by atoms with Gasteiger partial charge in [0.15, 0.2) is 0 Å². The lowest BCUT2D eigenvalue weighted by Gasteiger charge is -2.27. The summed E-state index contributed by atoms with van der Waals surface area (Å²) in [5.74, 6) is -1.91. The lowest BCUT2D eigenvalue weighted by atomic mass is 10.0.